The van der Waals surface area contributed by atoms with E-state index in [9.17, 15) is 0 Å². The van der Waals surface area contributed by atoms with Crippen LogP contribution in [-0.4, -0.2) is 32.4 Å². The molecule has 1 aliphatic carbocycles. The predicted octanol–water partition coefficient (Wildman–Crippen LogP) is 3.25. The molecule has 0 radical (unpaired) electrons. The molecule has 2 aromatic heterocycles. The number of hydrogen-bond donors (Lipinski definition) is 2. The monoisotopic (exact) mass is 392 g/mol. The average Bonchev–Trinajstić information content (AvgIpc) is 3.26. The molecule has 3 aromatic rings. The molecule has 152 valence electrons. The Morgan fingerprint density at radius 2 is 1.93 bits per heavy atom. The molecule has 0 bridgehead atoms. The van der Waals surface area contributed by atoms with Crippen molar-refractivity contribution in [1.29, 1.82) is 0 Å². The van der Waals surface area contributed by atoms with Crippen LogP contribution in [0.1, 0.15) is 56.9 Å². The Bertz CT molecular complexity index is 1000. The Kier molecular flexibility index (Phi) is 4.81. The number of nitrogens with two attached hydrogens (primary N) is 2. The highest BCUT2D eigenvalue weighted by Gasteiger charge is 2.35. The molecule has 1 aliphatic heterocycles. The van der Waals surface area contributed by atoms with E-state index in [0.717, 1.165) is 72.9 Å². The second-order valence-corrected chi connectivity index (χ2v) is 8.48. The molecule has 29 heavy (non-hydrogen) atoms. The average molecular weight is 393 g/mol. The lowest BCUT2D eigenvalue weighted by atomic mass is 9.77. The topological polar surface area (TPSA) is 105 Å². The fourth-order valence-electron chi connectivity index (χ4n) is 4.60. The van der Waals surface area contributed by atoms with Crippen LogP contribution in [0, 0.1) is 0 Å². The van der Waals surface area contributed by atoms with Gasteiger partial charge < -0.3 is 16.2 Å². The fraction of sp³-hybridized carbons (Fsp3) is 0.500. The van der Waals surface area contributed by atoms with E-state index in [1.54, 1.807) is 6.33 Å². The first-order valence-corrected chi connectivity index (χ1v) is 10.6. The first-order chi connectivity index (χ1) is 14.1. The molecular weight excluding hydrogens is 364 g/mol. The quantitative estimate of drug-likeness (QED) is 0.709. The molecule has 7 heteroatoms. The lowest BCUT2D eigenvalue weighted by Crippen LogP contribution is -2.44. The first kappa shape index (κ1) is 18.7. The lowest BCUT2D eigenvalue weighted by Gasteiger charge is -2.36. The Morgan fingerprint density at radius 3 is 2.72 bits per heavy atom. The molecule has 2 aliphatic rings. The third kappa shape index (κ3) is 3.54. The van der Waals surface area contributed by atoms with Crippen molar-refractivity contribution in [2.45, 2.75) is 62.8 Å². The van der Waals surface area contributed by atoms with Gasteiger partial charge in [0.05, 0.1) is 22.9 Å². The van der Waals surface area contributed by atoms with Crippen LogP contribution in [0.25, 0.3) is 22.0 Å². The van der Waals surface area contributed by atoms with E-state index in [4.69, 9.17) is 16.2 Å². The summed E-state index contributed by atoms with van der Waals surface area (Å²) in [5.74, 6) is 0. The van der Waals surface area contributed by atoms with Gasteiger partial charge in [-0.25, -0.2) is 14.6 Å². The molecule has 4 N–H and O–H groups in total. The van der Waals surface area contributed by atoms with Crippen LogP contribution in [0.2, 0.25) is 0 Å². The number of ether oxygens (including phenoxy) is 1. The summed E-state index contributed by atoms with van der Waals surface area (Å²) in [5.41, 5.74) is 16.5. The normalized spacial score (nSPS) is 27.9. The van der Waals surface area contributed by atoms with Gasteiger partial charge in [0.25, 0.3) is 0 Å². The molecule has 1 aromatic carbocycles. The van der Waals surface area contributed by atoms with E-state index in [1.807, 2.05) is 16.9 Å². The number of aromatic nitrogens is 4. The minimum Gasteiger partial charge on any atom is -0.357 e. The number of benzene rings is 1. The largest absolute Gasteiger partial charge is 0.357 e. The number of fused-ring (bicyclic) bond motifs is 1. The lowest BCUT2D eigenvalue weighted by molar-refractivity contribution is -0.0394. The van der Waals surface area contributed by atoms with Gasteiger partial charge >= 0.3 is 0 Å². The van der Waals surface area contributed by atoms with Crippen LogP contribution in [0.3, 0.4) is 0 Å². The standard InChI is InChI=1S/C22H28N6O/c23-17-6-8-22(24,9-7-17)21-18-11-15(4-5-19(18)25-14-26-21)16-12-27-28(13-16)20-3-1-2-10-29-20/h4-5,11-14,17,20H,1-3,6-10,23-24H2. The molecule has 7 nitrogen and oxygen atoms in total. The van der Waals surface area contributed by atoms with Crippen molar-refractivity contribution in [3.63, 3.8) is 0 Å². The molecule has 1 atom stereocenters. The molecule has 3 heterocycles. The third-order valence-electron chi connectivity index (χ3n) is 6.41. The summed E-state index contributed by atoms with van der Waals surface area (Å²) in [5, 5.41) is 5.57. The molecule has 5 rings (SSSR count). The van der Waals surface area contributed by atoms with Crippen LogP contribution in [-0.2, 0) is 10.3 Å². The molecule has 0 spiro atoms. The van der Waals surface area contributed by atoms with E-state index in [0.29, 0.717) is 0 Å². The maximum Gasteiger partial charge on any atom is 0.150 e. The summed E-state index contributed by atoms with van der Waals surface area (Å²) >= 11 is 0. The van der Waals surface area contributed by atoms with E-state index >= 15 is 0 Å². The number of nitrogens with zero attached hydrogens (tertiary/aromatic N) is 4. The van der Waals surface area contributed by atoms with Crippen molar-refractivity contribution >= 4 is 10.9 Å². The van der Waals surface area contributed by atoms with Gasteiger partial charge in [-0.3, -0.25) is 0 Å². The number of rotatable bonds is 3. The Hall–Kier alpha value is -2.35. The van der Waals surface area contributed by atoms with Crippen LogP contribution < -0.4 is 11.5 Å². The van der Waals surface area contributed by atoms with Gasteiger partial charge in [-0.1, -0.05) is 6.07 Å². The molecule has 1 unspecified atom stereocenters. The van der Waals surface area contributed by atoms with Crippen molar-refractivity contribution < 1.29 is 4.74 Å². The van der Waals surface area contributed by atoms with E-state index in [1.165, 1.54) is 6.42 Å². The molecule has 2 fully saturated rings. The molecule has 0 amide bonds. The molecule has 1 saturated carbocycles. The van der Waals surface area contributed by atoms with Crippen molar-refractivity contribution in [2.24, 2.45) is 11.5 Å². The first-order valence-electron chi connectivity index (χ1n) is 10.6. The fourth-order valence-corrected chi connectivity index (χ4v) is 4.60. The second kappa shape index (κ2) is 7.48. The smallest absolute Gasteiger partial charge is 0.150 e. The summed E-state index contributed by atoms with van der Waals surface area (Å²) in [6.45, 7) is 0.804. The highest BCUT2D eigenvalue weighted by atomic mass is 16.5. The Balaban J connectivity index is 1.51. The third-order valence-corrected chi connectivity index (χ3v) is 6.41. The van der Waals surface area contributed by atoms with Gasteiger partial charge in [0.1, 0.15) is 12.6 Å². The molecular formula is C22H28N6O. The zero-order valence-electron chi connectivity index (χ0n) is 16.6. The highest BCUT2D eigenvalue weighted by Crippen LogP contribution is 2.37. The van der Waals surface area contributed by atoms with Gasteiger partial charge in [0.2, 0.25) is 0 Å². The zero-order valence-corrected chi connectivity index (χ0v) is 16.6. The SMILES string of the molecule is NC1CCC(N)(c2ncnc3ccc(-c4cnn(C5CCCCO5)c4)cc23)CC1. The zero-order chi connectivity index (χ0) is 19.8. The van der Waals surface area contributed by atoms with Crippen molar-refractivity contribution in [3.8, 4) is 11.1 Å². The van der Waals surface area contributed by atoms with Crippen LogP contribution >= 0.6 is 0 Å². The van der Waals surface area contributed by atoms with Gasteiger partial charge in [-0.15, -0.1) is 0 Å². The summed E-state index contributed by atoms with van der Waals surface area (Å²) in [7, 11) is 0. The van der Waals surface area contributed by atoms with Crippen molar-refractivity contribution in [1.82, 2.24) is 19.7 Å². The second-order valence-electron chi connectivity index (χ2n) is 8.48. The van der Waals surface area contributed by atoms with Gasteiger partial charge in [0, 0.05) is 29.8 Å². The van der Waals surface area contributed by atoms with Gasteiger partial charge in [0.15, 0.2) is 0 Å². The predicted molar refractivity (Wildman–Crippen MR) is 112 cm³/mol. The van der Waals surface area contributed by atoms with E-state index in [2.05, 4.69) is 33.4 Å². The van der Waals surface area contributed by atoms with E-state index < -0.39 is 5.54 Å². The minimum absolute atomic E-state index is 0.0376. The minimum atomic E-state index is -0.449. The van der Waals surface area contributed by atoms with Crippen molar-refractivity contribution in [2.75, 3.05) is 6.61 Å². The highest BCUT2D eigenvalue weighted by molar-refractivity contribution is 5.86. The Morgan fingerprint density at radius 1 is 1.07 bits per heavy atom. The molecule has 1 saturated heterocycles. The van der Waals surface area contributed by atoms with Crippen LogP contribution in [0.15, 0.2) is 36.9 Å². The summed E-state index contributed by atoms with van der Waals surface area (Å²) in [4.78, 5) is 9.09. The van der Waals surface area contributed by atoms with Gasteiger partial charge in [-0.05, 0) is 62.6 Å². The Labute approximate surface area is 170 Å². The van der Waals surface area contributed by atoms with Crippen LogP contribution in [0.5, 0.6) is 0 Å². The summed E-state index contributed by atoms with van der Waals surface area (Å²) in [6.07, 6.45) is 12.5. The van der Waals surface area contributed by atoms with E-state index in [-0.39, 0.29) is 12.3 Å². The summed E-state index contributed by atoms with van der Waals surface area (Å²) in [6, 6.07) is 6.52. The maximum absolute atomic E-state index is 6.82. The van der Waals surface area contributed by atoms with Crippen LogP contribution in [0.4, 0.5) is 0 Å². The van der Waals surface area contributed by atoms with Gasteiger partial charge in [-0.2, -0.15) is 5.10 Å². The van der Waals surface area contributed by atoms with Crippen molar-refractivity contribution in [3.05, 3.63) is 42.6 Å². The maximum atomic E-state index is 6.82. The number of hydrogen-bond acceptors (Lipinski definition) is 6. The summed E-state index contributed by atoms with van der Waals surface area (Å²) < 4.78 is 7.80.